The molecule has 0 spiro atoms. The fourth-order valence-corrected chi connectivity index (χ4v) is 1.46. The average Bonchev–Trinajstić information content (AvgIpc) is 2.50. The van der Waals surface area contributed by atoms with Crippen molar-refractivity contribution < 1.29 is 4.39 Å². The number of nitrogens with zero attached hydrogens (tertiary/aromatic N) is 2. The lowest BCUT2D eigenvalue weighted by Gasteiger charge is -2.02. The van der Waals surface area contributed by atoms with E-state index >= 15 is 0 Å². The Bertz CT molecular complexity index is 447. The van der Waals surface area contributed by atoms with Crippen LogP contribution in [-0.4, -0.2) is 9.78 Å². The summed E-state index contributed by atoms with van der Waals surface area (Å²) in [5, 5.41) is 4.02. The van der Waals surface area contributed by atoms with Crippen LogP contribution in [0.15, 0.2) is 35.1 Å². The van der Waals surface area contributed by atoms with E-state index in [1.54, 1.807) is 23.1 Å². The Morgan fingerprint density at radius 2 is 2.14 bits per heavy atom. The summed E-state index contributed by atoms with van der Waals surface area (Å²) in [4.78, 5) is 0. The first-order valence-corrected chi connectivity index (χ1v) is 4.71. The minimum Gasteiger partial charge on any atom is -0.399 e. The number of rotatable bonds is 1. The molecule has 0 atom stereocenters. The van der Waals surface area contributed by atoms with E-state index in [2.05, 4.69) is 21.0 Å². The molecule has 0 fully saturated rings. The smallest absolute Gasteiger partial charge is 0.127 e. The fourth-order valence-electron chi connectivity index (χ4n) is 1.17. The highest BCUT2D eigenvalue weighted by Crippen LogP contribution is 2.16. The van der Waals surface area contributed by atoms with E-state index in [4.69, 9.17) is 5.73 Å². The van der Waals surface area contributed by atoms with Gasteiger partial charge in [0.15, 0.2) is 0 Å². The summed E-state index contributed by atoms with van der Waals surface area (Å²) in [6.07, 6.45) is 3.36. The van der Waals surface area contributed by atoms with Gasteiger partial charge in [-0.25, -0.2) is 9.07 Å². The van der Waals surface area contributed by atoms with Gasteiger partial charge in [-0.15, -0.1) is 0 Å². The Morgan fingerprint density at radius 1 is 1.36 bits per heavy atom. The summed E-state index contributed by atoms with van der Waals surface area (Å²) in [5.74, 6) is -0.369. The molecule has 14 heavy (non-hydrogen) atoms. The predicted molar refractivity (Wildman–Crippen MR) is 55.6 cm³/mol. The molecular weight excluding hydrogens is 249 g/mol. The van der Waals surface area contributed by atoms with E-state index in [0.717, 1.165) is 4.47 Å². The van der Waals surface area contributed by atoms with Crippen molar-refractivity contribution in [3.8, 4) is 5.69 Å². The zero-order valence-electron chi connectivity index (χ0n) is 7.11. The lowest BCUT2D eigenvalue weighted by Crippen LogP contribution is -1.97. The number of halogens is 2. The summed E-state index contributed by atoms with van der Waals surface area (Å²) in [6, 6.07) is 4.29. The van der Waals surface area contributed by atoms with Crippen molar-refractivity contribution in [2.75, 3.05) is 5.73 Å². The van der Waals surface area contributed by atoms with E-state index in [1.165, 1.54) is 12.1 Å². The fraction of sp³-hybridized carbons (Fsp3) is 0. The van der Waals surface area contributed by atoms with E-state index in [9.17, 15) is 4.39 Å². The topological polar surface area (TPSA) is 43.8 Å². The van der Waals surface area contributed by atoms with Gasteiger partial charge < -0.3 is 5.73 Å². The summed E-state index contributed by atoms with van der Waals surface area (Å²) in [6.45, 7) is 0. The second kappa shape index (κ2) is 3.42. The van der Waals surface area contributed by atoms with Crippen LogP contribution in [0.5, 0.6) is 0 Å². The second-order valence-electron chi connectivity index (χ2n) is 2.85. The second-order valence-corrected chi connectivity index (χ2v) is 3.76. The third-order valence-corrected chi connectivity index (χ3v) is 2.13. The number of anilines is 1. The number of hydrogen-bond acceptors (Lipinski definition) is 2. The molecule has 0 saturated carbocycles. The van der Waals surface area contributed by atoms with Crippen molar-refractivity contribution in [3.63, 3.8) is 0 Å². The highest BCUT2D eigenvalue weighted by molar-refractivity contribution is 9.10. The molecule has 2 rings (SSSR count). The maximum atomic E-state index is 13.0. The predicted octanol–water partition coefficient (Wildman–Crippen LogP) is 2.36. The van der Waals surface area contributed by atoms with Crippen LogP contribution in [0.4, 0.5) is 10.1 Å². The number of nitrogens with two attached hydrogens (primary N) is 1. The molecular formula is C9H7BrFN3. The normalized spacial score (nSPS) is 10.4. The maximum absolute atomic E-state index is 13.0. The van der Waals surface area contributed by atoms with Crippen LogP contribution < -0.4 is 5.73 Å². The third-order valence-electron chi connectivity index (χ3n) is 1.72. The molecule has 0 amide bonds. The Balaban J connectivity index is 2.51. The van der Waals surface area contributed by atoms with Crippen molar-refractivity contribution in [2.24, 2.45) is 0 Å². The van der Waals surface area contributed by atoms with Gasteiger partial charge in [0.05, 0.1) is 16.4 Å². The lowest BCUT2D eigenvalue weighted by molar-refractivity contribution is 0.626. The van der Waals surface area contributed by atoms with Gasteiger partial charge in [-0.2, -0.15) is 5.10 Å². The van der Waals surface area contributed by atoms with E-state index in [-0.39, 0.29) is 5.82 Å². The van der Waals surface area contributed by atoms with Crippen LogP contribution in [0.25, 0.3) is 5.69 Å². The molecule has 0 unspecified atom stereocenters. The van der Waals surface area contributed by atoms with Crippen molar-refractivity contribution in [1.29, 1.82) is 0 Å². The molecule has 5 heteroatoms. The standard InChI is InChI=1S/C9H7BrFN3/c10-6-4-13-14(5-6)9-2-7(11)1-8(12)3-9/h1-5H,12H2. The Labute approximate surface area is 88.5 Å². The van der Waals surface area contributed by atoms with Gasteiger partial charge >= 0.3 is 0 Å². The molecule has 0 radical (unpaired) electrons. The zero-order chi connectivity index (χ0) is 10.1. The highest BCUT2D eigenvalue weighted by atomic mass is 79.9. The Hall–Kier alpha value is -1.36. The first-order chi connectivity index (χ1) is 6.65. The molecule has 0 aliphatic heterocycles. The third kappa shape index (κ3) is 1.77. The lowest BCUT2D eigenvalue weighted by atomic mass is 10.3. The van der Waals surface area contributed by atoms with Crippen molar-refractivity contribution >= 4 is 21.6 Å². The molecule has 2 N–H and O–H groups in total. The summed E-state index contributed by atoms with van der Waals surface area (Å²) in [7, 11) is 0. The molecule has 0 aliphatic rings. The molecule has 1 aromatic heterocycles. The van der Waals surface area contributed by atoms with Gasteiger partial charge in [0.25, 0.3) is 0 Å². The Morgan fingerprint density at radius 3 is 2.71 bits per heavy atom. The molecule has 3 nitrogen and oxygen atoms in total. The van der Waals surface area contributed by atoms with E-state index < -0.39 is 0 Å². The first kappa shape index (κ1) is 9.21. The highest BCUT2D eigenvalue weighted by Gasteiger charge is 2.02. The minimum atomic E-state index is -0.369. The van der Waals surface area contributed by atoms with Gasteiger partial charge in [0, 0.05) is 11.9 Å². The maximum Gasteiger partial charge on any atom is 0.127 e. The molecule has 0 aliphatic carbocycles. The van der Waals surface area contributed by atoms with Crippen LogP contribution in [0.3, 0.4) is 0 Å². The average molecular weight is 256 g/mol. The van der Waals surface area contributed by atoms with E-state index in [0.29, 0.717) is 11.4 Å². The zero-order valence-corrected chi connectivity index (χ0v) is 8.70. The SMILES string of the molecule is Nc1cc(F)cc(-n2cc(Br)cn2)c1. The largest absolute Gasteiger partial charge is 0.399 e. The first-order valence-electron chi connectivity index (χ1n) is 3.92. The van der Waals surface area contributed by atoms with Crippen LogP contribution in [0.2, 0.25) is 0 Å². The molecule has 2 aromatic rings. The molecule has 1 aromatic carbocycles. The minimum absolute atomic E-state index is 0.369. The van der Waals surface area contributed by atoms with Gasteiger partial charge in [0.1, 0.15) is 5.82 Å². The number of hydrogen-bond donors (Lipinski definition) is 1. The molecule has 1 heterocycles. The summed E-state index contributed by atoms with van der Waals surface area (Å²) < 4.78 is 15.4. The van der Waals surface area contributed by atoms with Crippen molar-refractivity contribution in [3.05, 3.63) is 40.9 Å². The van der Waals surface area contributed by atoms with Gasteiger partial charge in [-0.3, -0.25) is 0 Å². The summed E-state index contributed by atoms with van der Waals surface area (Å²) >= 11 is 3.26. The molecule has 0 saturated heterocycles. The van der Waals surface area contributed by atoms with Crippen molar-refractivity contribution in [1.82, 2.24) is 9.78 Å². The monoisotopic (exact) mass is 255 g/mol. The number of benzene rings is 1. The number of nitrogen functional groups attached to an aromatic ring is 1. The Kier molecular flexibility index (Phi) is 2.25. The molecule has 0 bridgehead atoms. The summed E-state index contributed by atoms with van der Waals surface area (Å²) in [5.41, 5.74) is 6.50. The van der Waals surface area contributed by atoms with Crippen molar-refractivity contribution in [2.45, 2.75) is 0 Å². The van der Waals surface area contributed by atoms with Gasteiger partial charge in [-0.1, -0.05) is 0 Å². The number of aromatic nitrogens is 2. The van der Waals surface area contributed by atoms with Crippen LogP contribution in [0, 0.1) is 5.82 Å². The molecule has 72 valence electrons. The van der Waals surface area contributed by atoms with Crippen LogP contribution in [0.1, 0.15) is 0 Å². The quantitative estimate of drug-likeness (QED) is 0.796. The van der Waals surface area contributed by atoms with Gasteiger partial charge in [0.2, 0.25) is 0 Å². The van der Waals surface area contributed by atoms with Crippen LogP contribution >= 0.6 is 15.9 Å². The van der Waals surface area contributed by atoms with Crippen LogP contribution in [-0.2, 0) is 0 Å². The van der Waals surface area contributed by atoms with Gasteiger partial charge in [-0.05, 0) is 34.1 Å². The van der Waals surface area contributed by atoms with E-state index in [1.807, 2.05) is 0 Å².